The second kappa shape index (κ2) is 7.69. The number of nitrogens with zero attached hydrogens (tertiary/aromatic N) is 3. The van der Waals surface area contributed by atoms with Crippen molar-refractivity contribution in [2.24, 2.45) is 5.10 Å². The first-order chi connectivity index (χ1) is 14.2. The van der Waals surface area contributed by atoms with E-state index in [9.17, 15) is 4.79 Å². The average molecular weight is 412 g/mol. The monoisotopic (exact) mass is 411 g/mol. The molecule has 150 valence electrons. The van der Waals surface area contributed by atoms with E-state index < -0.39 is 0 Å². The number of carbonyl (C=O) groups is 1. The Labute approximate surface area is 174 Å². The van der Waals surface area contributed by atoms with E-state index >= 15 is 0 Å². The summed E-state index contributed by atoms with van der Waals surface area (Å²) < 4.78 is 11.0. The van der Waals surface area contributed by atoms with Crippen LogP contribution in [-0.4, -0.2) is 48.0 Å². The van der Waals surface area contributed by atoms with Crippen molar-refractivity contribution >= 4 is 23.2 Å². The zero-order valence-electron chi connectivity index (χ0n) is 16.0. The molecule has 1 amide bonds. The van der Waals surface area contributed by atoms with Crippen LogP contribution in [0.1, 0.15) is 36.4 Å². The molecule has 29 heavy (non-hydrogen) atoms. The number of fused-ring (bicyclic) bond motifs is 1. The van der Waals surface area contributed by atoms with Crippen molar-refractivity contribution in [2.45, 2.75) is 25.3 Å². The third-order valence-corrected chi connectivity index (χ3v) is 6.02. The summed E-state index contributed by atoms with van der Waals surface area (Å²) in [5.74, 6) is 1.45. The topological polar surface area (TPSA) is 54.4 Å². The van der Waals surface area contributed by atoms with Crippen molar-refractivity contribution in [1.82, 2.24) is 9.91 Å². The smallest absolute Gasteiger partial charge is 0.257 e. The molecule has 3 aliphatic rings. The van der Waals surface area contributed by atoms with E-state index in [-0.39, 0.29) is 18.7 Å². The molecule has 0 saturated carbocycles. The third-order valence-electron chi connectivity index (χ3n) is 5.69. The van der Waals surface area contributed by atoms with Crippen molar-refractivity contribution in [2.75, 3.05) is 26.4 Å². The summed E-state index contributed by atoms with van der Waals surface area (Å²) in [5, 5.41) is 7.01. The molecular formula is C22H22ClN3O3. The quantitative estimate of drug-likeness (QED) is 0.767. The van der Waals surface area contributed by atoms with Gasteiger partial charge in [-0.05, 0) is 49.7 Å². The fraction of sp³-hybridized carbons (Fsp3) is 0.364. The van der Waals surface area contributed by atoms with Gasteiger partial charge in [-0.25, -0.2) is 5.01 Å². The van der Waals surface area contributed by atoms with Crippen LogP contribution in [0, 0.1) is 0 Å². The van der Waals surface area contributed by atoms with Gasteiger partial charge in [0, 0.05) is 17.0 Å². The van der Waals surface area contributed by atoms with Gasteiger partial charge in [0.25, 0.3) is 5.91 Å². The summed E-state index contributed by atoms with van der Waals surface area (Å²) in [7, 11) is 0. The van der Waals surface area contributed by atoms with E-state index in [4.69, 9.17) is 26.2 Å². The first-order valence-corrected chi connectivity index (χ1v) is 10.3. The molecule has 0 N–H and O–H groups in total. The molecular weight excluding hydrogens is 390 g/mol. The minimum atomic E-state index is -0.189. The van der Waals surface area contributed by atoms with Crippen LogP contribution in [0.5, 0.6) is 11.5 Å². The maximum absolute atomic E-state index is 13.2. The molecule has 2 aromatic rings. The molecule has 1 unspecified atom stereocenters. The molecule has 5 rings (SSSR count). The van der Waals surface area contributed by atoms with Gasteiger partial charge in [0.15, 0.2) is 11.5 Å². The lowest BCUT2D eigenvalue weighted by Crippen LogP contribution is -2.36. The highest BCUT2D eigenvalue weighted by atomic mass is 35.5. The molecule has 7 heteroatoms. The van der Waals surface area contributed by atoms with E-state index in [1.54, 1.807) is 5.01 Å². The lowest BCUT2D eigenvalue weighted by molar-refractivity contribution is -0.134. The number of likely N-dealkylation sites (tertiary alicyclic amines) is 1. The molecule has 1 atom stereocenters. The van der Waals surface area contributed by atoms with Crippen LogP contribution in [0.2, 0.25) is 5.02 Å². The predicted octanol–water partition coefficient (Wildman–Crippen LogP) is 3.84. The van der Waals surface area contributed by atoms with Gasteiger partial charge in [0.2, 0.25) is 6.79 Å². The van der Waals surface area contributed by atoms with Gasteiger partial charge in [0.1, 0.15) is 0 Å². The predicted molar refractivity (Wildman–Crippen MR) is 110 cm³/mol. The number of hydrogen-bond donors (Lipinski definition) is 0. The minimum Gasteiger partial charge on any atom is -0.454 e. The van der Waals surface area contributed by atoms with E-state index in [0.717, 1.165) is 48.5 Å². The Morgan fingerprint density at radius 1 is 1.10 bits per heavy atom. The van der Waals surface area contributed by atoms with Crippen LogP contribution in [0.4, 0.5) is 0 Å². The highest BCUT2D eigenvalue weighted by Gasteiger charge is 2.35. The Morgan fingerprint density at radius 3 is 2.72 bits per heavy atom. The van der Waals surface area contributed by atoms with E-state index in [1.807, 2.05) is 42.5 Å². The van der Waals surface area contributed by atoms with Crippen LogP contribution < -0.4 is 9.47 Å². The number of hydrazone groups is 1. The van der Waals surface area contributed by atoms with Crippen LogP contribution in [0.3, 0.4) is 0 Å². The highest BCUT2D eigenvalue weighted by molar-refractivity contribution is 6.34. The van der Waals surface area contributed by atoms with Crippen molar-refractivity contribution in [3.63, 3.8) is 0 Å². The van der Waals surface area contributed by atoms with Crippen LogP contribution in [0.25, 0.3) is 0 Å². The highest BCUT2D eigenvalue weighted by Crippen LogP contribution is 2.39. The standard InChI is InChI=1S/C22H22ClN3O3/c23-17-6-2-1-5-16(17)18-12-19(15-7-8-20-21(11-15)29-14-28-20)26(24-18)22(27)13-25-9-3-4-10-25/h1-2,5-8,11,19H,3-4,9-10,12-14H2. The maximum Gasteiger partial charge on any atom is 0.257 e. The van der Waals surface area contributed by atoms with Crippen LogP contribution in [0.15, 0.2) is 47.6 Å². The van der Waals surface area contributed by atoms with Gasteiger partial charge in [0.05, 0.1) is 18.3 Å². The first kappa shape index (κ1) is 18.5. The Bertz CT molecular complexity index is 972. The summed E-state index contributed by atoms with van der Waals surface area (Å²) in [6.07, 6.45) is 2.90. The molecule has 0 aliphatic carbocycles. The number of benzene rings is 2. The number of carbonyl (C=O) groups excluding carboxylic acids is 1. The SMILES string of the molecule is O=C(CN1CCCC1)N1N=C(c2ccccc2Cl)CC1c1ccc2c(c1)OCO2. The normalized spacial score (nSPS) is 20.9. The lowest BCUT2D eigenvalue weighted by atomic mass is 9.98. The van der Waals surface area contributed by atoms with Crippen molar-refractivity contribution in [1.29, 1.82) is 0 Å². The molecule has 0 radical (unpaired) electrons. The summed E-state index contributed by atoms with van der Waals surface area (Å²) in [6.45, 7) is 2.55. The number of hydrogen-bond acceptors (Lipinski definition) is 5. The summed E-state index contributed by atoms with van der Waals surface area (Å²) in [5.41, 5.74) is 2.68. The Morgan fingerprint density at radius 2 is 1.90 bits per heavy atom. The van der Waals surface area contributed by atoms with Gasteiger partial charge >= 0.3 is 0 Å². The molecule has 2 aromatic carbocycles. The second-order valence-corrected chi connectivity index (χ2v) is 7.99. The molecule has 3 heterocycles. The van der Waals surface area contributed by atoms with Crippen molar-refractivity contribution in [3.05, 3.63) is 58.6 Å². The number of amides is 1. The Kier molecular flexibility index (Phi) is 4.89. The van der Waals surface area contributed by atoms with E-state index in [2.05, 4.69) is 4.90 Å². The Hall–Kier alpha value is -2.57. The zero-order chi connectivity index (χ0) is 19.8. The fourth-order valence-electron chi connectivity index (χ4n) is 4.18. The van der Waals surface area contributed by atoms with Crippen molar-refractivity contribution in [3.8, 4) is 11.5 Å². The van der Waals surface area contributed by atoms with E-state index in [0.29, 0.717) is 23.7 Å². The molecule has 0 aromatic heterocycles. The fourth-order valence-corrected chi connectivity index (χ4v) is 4.43. The minimum absolute atomic E-state index is 0.0108. The third kappa shape index (κ3) is 3.58. The Balaban J connectivity index is 1.47. The molecule has 1 saturated heterocycles. The van der Waals surface area contributed by atoms with Crippen LogP contribution >= 0.6 is 11.6 Å². The van der Waals surface area contributed by atoms with Gasteiger partial charge in [-0.15, -0.1) is 0 Å². The summed E-state index contributed by atoms with van der Waals surface area (Å²) in [4.78, 5) is 15.4. The first-order valence-electron chi connectivity index (χ1n) is 9.95. The largest absolute Gasteiger partial charge is 0.454 e. The number of halogens is 1. The second-order valence-electron chi connectivity index (χ2n) is 7.58. The van der Waals surface area contributed by atoms with Crippen molar-refractivity contribution < 1.29 is 14.3 Å². The molecule has 0 bridgehead atoms. The summed E-state index contributed by atoms with van der Waals surface area (Å²) >= 11 is 6.41. The molecule has 1 fully saturated rings. The van der Waals surface area contributed by atoms with Gasteiger partial charge in [-0.1, -0.05) is 35.9 Å². The average Bonchev–Trinajstić information content (AvgIpc) is 3.48. The number of rotatable bonds is 4. The van der Waals surface area contributed by atoms with Gasteiger partial charge in [-0.3, -0.25) is 9.69 Å². The molecule has 0 spiro atoms. The van der Waals surface area contributed by atoms with E-state index in [1.165, 1.54) is 0 Å². The lowest BCUT2D eigenvalue weighted by Gasteiger charge is -2.24. The maximum atomic E-state index is 13.2. The van der Waals surface area contributed by atoms with Crippen LogP contribution in [-0.2, 0) is 4.79 Å². The molecule has 3 aliphatic heterocycles. The summed E-state index contributed by atoms with van der Waals surface area (Å²) in [6, 6.07) is 13.3. The zero-order valence-corrected chi connectivity index (χ0v) is 16.8. The number of ether oxygens (including phenoxy) is 2. The molecule has 6 nitrogen and oxygen atoms in total. The van der Waals surface area contributed by atoms with Gasteiger partial charge < -0.3 is 9.47 Å². The van der Waals surface area contributed by atoms with Gasteiger partial charge in [-0.2, -0.15) is 5.10 Å².